The van der Waals surface area contributed by atoms with Crippen LogP contribution in [0.3, 0.4) is 0 Å². The number of halogens is 12. The molecule has 0 heterocycles. The molecule has 4 amide bonds. The number of allylic oxidation sites excluding steroid dienone is 4. The smallest absolute Gasteiger partial charge is 0.411 e. The van der Waals surface area contributed by atoms with Crippen molar-refractivity contribution in [3.63, 3.8) is 0 Å². The van der Waals surface area contributed by atoms with Crippen molar-refractivity contribution in [2.24, 2.45) is 47.3 Å². The highest BCUT2D eigenvalue weighted by atomic mass is 19.4. The Hall–Kier alpha value is -9.82. The van der Waals surface area contributed by atoms with E-state index in [-0.39, 0.29) is 41.2 Å². The summed E-state index contributed by atoms with van der Waals surface area (Å²) in [6.07, 6.45) is -17.7. The van der Waals surface area contributed by atoms with Gasteiger partial charge in [0.05, 0.1) is 35.0 Å². The predicted molar refractivity (Wildman–Crippen MR) is 292 cm³/mol. The van der Waals surface area contributed by atoms with E-state index in [1.54, 1.807) is 24.3 Å². The molecular formula is C62H46F12N4O11. The second kappa shape index (κ2) is 22.7. The summed E-state index contributed by atoms with van der Waals surface area (Å²) < 4.78 is 190. The fourth-order valence-corrected chi connectivity index (χ4v) is 12.7. The molecule has 8 unspecified atom stereocenters. The number of alkyl halides is 12. The molecule has 15 nitrogen and oxygen atoms in total. The van der Waals surface area contributed by atoms with Crippen molar-refractivity contribution in [3.05, 3.63) is 191 Å². The standard InChI is InChI=1S/C62H46F12N4O11/c63-59(64,65)57(60(66,67)68,36-4-2-6-40(26-36)76-53(83)47-31-7-9-33(23-31)49(47)55(85)86)35-3-1-5-39(25-35)75-51(81)29-11-17-41(18-12-29)89-42-19-13-30(14-20-42)52(82)77-43-27-37(15-21-45(43)79)58(61(69,70)71,62(72,73)74)38-16-22-46(80)44(28-38)78-54(84)48-32-8-10-34(24-32)50(48)56(87)88/h1-22,25-28,31-34,47-50,79-80H,23-24H2,(H,75,81)(H,76,83)(H,77,82)(H,78,84)(H,85,86)(H,87,88). The van der Waals surface area contributed by atoms with Gasteiger partial charge in [0.2, 0.25) is 22.6 Å². The van der Waals surface area contributed by atoms with Gasteiger partial charge in [-0.1, -0.05) is 60.7 Å². The minimum atomic E-state index is -6.26. The van der Waals surface area contributed by atoms with Crippen LogP contribution in [0.5, 0.6) is 23.0 Å². The highest BCUT2D eigenvalue weighted by molar-refractivity contribution is 6.06. The molecule has 4 bridgehead atoms. The lowest BCUT2D eigenvalue weighted by molar-refractivity contribution is -0.290. The Bertz CT molecular complexity index is 3850. The molecule has 0 radical (unpaired) electrons. The van der Waals surface area contributed by atoms with Gasteiger partial charge in [0.1, 0.15) is 23.0 Å². The van der Waals surface area contributed by atoms with E-state index in [4.69, 9.17) is 4.74 Å². The van der Waals surface area contributed by atoms with Gasteiger partial charge in [0.15, 0.2) is 0 Å². The largest absolute Gasteiger partial charge is 0.506 e. The van der Waals surface area contributed by atoms with E-state index in [0.717, 1.165) is 36.4 Å². The van der Waals surface area contributed by atoms with Crippen molar-refractivity contribution < 1.29 is 107 Å². The fourth-order valence-electron chi connectivity index (χ4n) is 12.7. The van der Waals surface area contributed by atoms with Crippen molar-refractivity contribution >= 4 is 58.3 Å². The second-order valence-corrected chi connectivity index (χ2v) is 21.8. The predicted octanol–water partition coefficient (Wildman–Crippen LogP) is 13.1. The molecule has 4 aliphatic rings. The molecule has 8 atom stereocenters. The lowest BCUT2D eigenvalue weighted by atomic mass is 9.72. The van der Waals surface area contributed by atoms with E-state index < -0.39 is 175 Å². The number of anilines is 4. The van der Waals surface area contributed by atoms with E-state index >= 15 is 52.7 Å². The van der Waals surface area contributed by atoms with Gasteiger partial charge < -0.3 is 46.4 Å². The van der Waals surface area contributed by atoms with E-state index in [1.807, 2.05) is 0 Å². The van der Waals surface area contributed by atoms with Crippen molar-refractivity contribution in [2.75, 3.05) is 21.3 Å². The Labute approximate surface area is 494 Å². The molecular weight excluding hydrogens is 1200 g/mol. The highest BCUT2D eigenvalue weighted by Gasteiger charge is 2.74. The number of carboxylic acids is 2. The molecule has 0 spiro atoms. The molecule has 0 saturated heterocycles. The molecule has 4 aliphatic carbocycles. The van der Waals surface area contributed by atoms with Crippen LogP contribution in [0.15, 0.2) is 158 Å². The summed E-state index contributed by atoms with van der Waals surface area (Å²) >= 11 is 0. The molecule has 89 heavy (non-hydrogen) atoms. The van der Waals surface area contributed by atoms with Crippen molar-refractivity contribution in [2.45, 2.75) is 48.4 Å². The van der Waals surface area contributed by atoms with Gasteiger partial charge in [0.25, 0.3) is 11.8 Å². The number of aromatic hydroxyl groups is 2. The Kier molecular flexibility index (Phi) is 15.9. The average Bonchev–Trinajstić information content (AvgIpc) is 1.66. The first kappa shape index (κ1) is 62.2. The van der Waals surface area contributed by atoms with Crippen molar-refractivity contribution in [1.82, 2.24) is 0 Å². The van der Waals surface area contributed by atoms with Crippen LogP contribution in [-0.4, -0.2) is 80.7 Å². The summed E-state index contributed by atoms with van der Waals surface area (Å²) in [5, 5.41) is 49.6. The van der Waals surface area contributed by atoms with Gasteiger partial charge in [-0.25, -0.2) is 0 Å². The van der Waals surface area contributed by atoms with E-state index in [0.29, 0.717) is 55.0 Å². The normalized spacial score (nSPS) is 21.3. The molecule has 27 heteroatoms. The van der Waals surface area contributed by atoms with Crippen LogP contribution >= 0.6 is 0 Å². The Morgan fingerprint density at radius 2 is 0.730 bits per heavy atom. The number of ether oxygens (including phenoxy) is 1. The summed E-state index contributed by atoms with van der Waals surface area (Å²) in [6.45, 7) is 0. The lowest BCUT2D eigenvalue weighted by Gasteiger charge is -2.38. The summed E-state index contributed by atoms with van der Waals surface area (Å²) in [5.74, 6) is -15.8. The monoisotopic (exact) mass is 1250 g/mol. The van der Waals surface area contributed by atoms with Crippen molar-refractivity contribution in [1.29, 1.82) is 0 Å². The molecule has 2 saturated carbocycles. The zero-order valence-electron chi connectivity index (χ0n) is 45.2. The molecule has 0 aliphatic heterocycles. The minimum absolute atomic E-state index is 0.00498. The number of phenols is 2. The van der Waals surface area contributed by atoms with Crippen molar-refractivity contribution in [3.8, 4) is 23.0 Å². The summed E-state index contributed by atoms with van der Waals surface area (Å²) in [4.78, 5) is 77.7. The number of rotatable bonds is 16. The summed E-state index contributed by atoms with van der Waals surface area (Å²) in [5.41, 5.74) is -18.9. The molecule has 464 valence electrons. The highest BCUT2D eigenvalue weighted by Crippen LogP contribution is 2.60. The van der Waals surface area contributed by atoms with E-state index in [1.165, 1.54) is 36.4 Å². The third-order valence-electron chi connectivity index (χ3n) is 16.7. The number of phenolic OH excluding ortho intramolecular Hbond substituents is 2. The lowest BCUT2D eigenvalue weighted by Crippen LogP contribution is -2.54. The van der Waals surface area contributed by atoms with E-state index in [9.17, 15) is 49.2 Å². The van der Waals surface area contributed by atoms with E-state index in [2.05, 4.69) is 21.3 Å². The molecule has 2 fully saturated rings. The molecule has 0 aromatic heterocycles. The third-order valence-corrected chi connectivity index (χ3v) is 16.7. The number of hydrogen-bond donors (Lipinski definition) is 8. The number of carboxylic acid groups (broad SMARTS) is 2. The molecule has 6 aromatic rings. The second-order valence-electron chi connectivity index (χ2n) is 21.8. The topological polar surface area (TPSA) is 241 Å². The number of carbonyl (C=O) groups excluding carboxylic acids is 4. The Morgan fingerprint density at radius 1 is 0.393 bits per heavy atom. The van der Waals surface area contributed by atoms with Crippen LogP contribution in [0, 0.1) is 47.3 Å². The maximum Gasteiger partial charge on any atom is 0.411 e. The molecule has 8 N–H and O–H groups in total. The van der Waals surface area contributed by atoms with Gasteiger partial charge in [-0.05, 0) is 156 Å². The zero-order chi connectivity index (χ0) is 64.5. The van der Waals surface area contributed by atoms with Crippen LogP contribution in [0.25, 0.3) is 0 Å². The number of hydrogen-bond acceptors (Lipinski definition) is 9. The number of amides is 4. The maximum absolute atomic E-state index is 15.4. The molecule has 10 rings (SSSR count). The van der Waals surface area contributed by atoms with Crippen LogP contribution in [-0.2, 0) is 30.0 Å². The number of nitrogens with one attached hydrogen (secondary N) is 4. The maximum atomic E-state index is 15.4. The number of fused-ring (bicyclic) bond motifs is 4. The first-order valence-electron chi connectivity index (χ1n) is 26.8. The van der Waals surface area contributed by atoms with Crippen LogP contribution in [0.2, 0.25) is 0 Å². The van der Waals surface area contributed by atoms with Crippen LogP contribution in [0.1, 0.15) is 55.8 Å². The minimum Gasteiger partial charge on any atom is -0.506 e. The van der Waals surface area contributed by atoms with Gasteiger partial charge in [-0.3, -0.25) is 28.8 Å². The van der Waals surface area contributed by atoms with Crippen LogP contribution < -0.4 is 26.0 Å². The van der Waals surface area contributed by atoms with Gasteiger partial charge in [-0.2, -0.15) is 52.7 Å². The summed E-state index contributed by atoms with van der Waals surface area (Å²) in [6, 6.07) is 17.3. The van der Waals surface area contributed by atoms with Gasteiger partial charge in [0, 0.05) is 22.5 Å². The Balaban J connectivity index is 0.822. The average molecular weight is 1250 g/mol. The Morgan fingerprint density at radius 3 is 1.11 bits per heavy atom. The number of benzene rings is 6. The number of aliphatic carboxylic acids is 2. The SMILES string of the molecule is O=C(Nc1cccc(C(c2cccc(NC(=O)C3C4C=CC(C4)C3C(=O)O)c2)(C(F)(F)F)C(F)(F)F)c1)c1ccc(Oc2ccc(C(=O)Nc3cc(C(c4ccc(O)c(NC(=O)C5C6C=CC(C6)C5C(=O)O)c4)(C(F)(F)F)C(F)(F)F)ccc3O)cc2)cc1. The fraction of sp³-hybridized carbons (Fsp3) is 0.258. The van der Waals surface area contributed by atoms with Crippen LogP contribution in [0.4, 0.5) is 75.4 Å². The first-order valence-corrected chi connectivity index (χ1v) is 26.8. The first-order chi connectivity index (χ1) is 41.7. The third kappa shape index (κ3) is 11.1. The van der Waals surface area contributed by atoms with Gasteiger partial charge in [-0.15, -0.1) is 0 Å². The van der Waals surface area contributed by atoms with Gasteiger partial charge >= 0.3 is 36.6 Å². The molecule has 6 aromatic carbocycles. The summed E-state index contributed by atoms with van der Waals surface area (Å²) in [7, 11) is 0. The number of carbonyl (C=O) groups is 6. The zero-order valence-corrected chi connectivity index (χ0v) is 45.2. The quantitative estimate of drug-likeness (QED) is 0.0257.